The van der Waals surface area contributed by atoms with E-state index in [1.807, 2.05) is 85.1 Å². The third kappa shape index (κ3) is 5.57. The van der Waals surface area contributed by atoms with Gasteiger partial charge in [0.1, 0.15) is 18.2 Å². The number of hydrogen-bond acceptors (Lipinski definition) is 4. The van der Waals surface area contributed by atoms with Crippen LogP contribution >= 0.6 is 0 Å². The summed E-state index contributed by atoms with van der Waals surface area (Å²) in [4.78, 5) is 30.4. The van der Waals surface area contributed by atoms with Gasteiger partial charge in [-0.25, -0.2) is 9.78 Å². The predicted octanol–water partition coefficient (Wildman–Crippen LogP) is 6.66. The molecular weight excluding hydrogens is 584 g/mol. The van der Waals surface area contributed by atoms with Gasteiger partial charge < -0.3 is 20.4 Å². The van der Waals surface area contributed by atoms with Gasteiger partial charge in [0.05, 0.1) is 12.0 Å². The van der Waals surface area contributed by atoms with Crippen molar-refractivity contribution in [1.82, 2.24) is 14.9 Å². The molecule has 7 nitrogen and oxygen atoms in total. The minimum absolute atomic E-state index is 0.0982. The van der Waals surface area contributed by atoms with Crippen molar-refractivity contribution in [3.63, 3.8) is 0 Å². The molecular formula is C40H34N4O3. The summed E-state index contributed by atoms with van der Waals surface area (Å²) in [6.07, 6.45) is 3.08. The summed E-state index contributed by atoms with van der Waals surface area (Å²) < 4.78 is 7.77. The molecule has 1 aromatic heterocycles. The summed E-state index contributed by atoms with van der Waals surface area (Å²) in [7, 11) is 0. The highest BCUT2D eigenvalue weighted by Crippen LogP contribution is 2.44. The number of nitrogens with two attached hydrogens (primary N) is 1. The zero-order chi connectivity index (χ0) is 32.2. The number of carbonyl (C=O) groups is 2. The number of amides is 2. The molecule has 0 fully saturated rings. The van der Waals surface area contributed by atoms with Crippen LogP contribution < -0.4 is 11.1 Å². The van der Waals surface area contributed by atoms with Crippen molar-refractivity contribution in [3.05, 3.63) is 186 Å². The van der Waals surface area contributed by atoms with E-state index in [1.165, 1.54) is 0 Å². The van der Waals surface area contributed by atoms with E-state index in [4.69, 9.17) is 15.5 Å². The molecule has 0 unspecified atom stereocenters. The minimum atomic E-state index is -1.02. The van der Waals surface area contributed by atoms with E-state index in [9.17, 15) is 9.59 Å². The molecule has 1 atom stereocenters. The highest BCUT2D eigenvalue weighted by atomic mass is 16.5. The van der Waals surface area contributed by atoms with Crippen molar-refractivity contribution in [2.75, 3.05) is 6.61 Å². The third-order valence-corrected chi connectivity index (χ3v) is 8.99. The van der Waals surface area contributed by atoms with Gasteiger partial charge in [-0.3, -0.25) is 4.79 Å². The number of carbonyl (C=O) groups excluding carboxylic acids is 2. The highest BCUT2D eigenvalue weighted by molar-refractivity contribution is 5.84. The van der Waals surface area contributed by atoms with E-state index >= 15 is 0 Å². The molecule has 1 aliphatic carbocycles. The number of benzene rings is 5. The molecule has 7 heteroatoms. The molecule has 7 rings (SSSR count). The SMILES string of the molecule is NC(=O)[C@H](Cc1cn(C(c2ccccc2)(c2ccccc2)c2ccccc2)cn1)NC(=O)OCC1c2ccccc2-c2ccccc21. The predicted molar refractivity (Wildman–Crippen MR) is 182 cm³/mol. The number of rotatable bonds is 10. The first-order chi connectivity index (χ1) is 23.1. The molecule has 1 aliphatic rings. The lowest BCUT2D eigenvalue weighted by Gasteiger charge is -2.37. The summed E-state index contributed by atoms with van der Waals surface area (Å²) >= 11 is 0. The van der Waals surface area contributed by atoms with Crippen LogP contribution in [0.5, 0.6) is 0 Å². The third-order valence-electron chi connectivity index (χ3n) is 8.99. The van der Waals surface area contributed by atoms with Gasteiger partial charge in [-0.15, -0.1) is 0 Å². The van der Waals surface area contributed by atoms with Gasteiger partial charge in [0.2, 0.25) is 5.91 Å². The number of nitrogens with zero attached hydrogens (tertiary/aromatic N) is 2. The molecule has 1 heterocycles. The Balaban J connectivity index is 1.14. The van der Waals surface area contributed by atoms with E-state index in [0.717, 1.165) is 38.9 Å². The number of ether oxygens (including phenoxy) is 1. The Morgan fingerprint density at radius 1 is 0.723 bits per heavy atom. The quantitative estimate of drug-likeness (QED) is 0.168. The molecule has 232 valence electrons. The van der Waals surface area contributed by atoms with E-state index in [0.29, 0.717) is 5.69 Å². The van der Waals surface area contributed by atoms with Crippen LogP contribution in [0.25, 0.3) is 11.1 Å². The lowest BCUT2D eigenvalue weighted by atomic mass is 9.77. The van der Waals surface area contributed by atoms with Crippen LogP contribution in [0.1, 0.15) is 39.4 Å². The summed E-state index contributed by atoms with van der Waals surface area (Å²) in [5.74, 6) is -0.772. The Morgan fingerprint density at radius 3 is 1.68 bits per heavy atom. The minimum Gasteiger partial charge on any atom is -0.449 e. The Labute approximate surface area is 273 Å². The van der Waals surface area contributed by atoms with Gasteiger partial charge >= 0.3 is 6.09 Å². The number of nitrogens with one attached hydrogen (secondary N) is 1. The van der Waals surface area contributed by atoms with Crippen molar-refractivity contribution in [1.29, 1.82) is 0 Å². The second-order valence-corrected chi connectivity index (χ2v) is 11.7. The maximum atomic E-state index is 13.1. The van der Waals surface area contributed by atoms with Crippen molar-refractivity contribution >= 4 is 12.0 Å². The number of hydrogen-bond donors (Lipinski definition) is 2. The fourth-order valence-electron chi connectivity index (χ4n) is 6.85. The van der Waals surface area contributed by atoms with E-state index in [-0.39, 0.29) is 18.9 Å². The highest BCUT2D eigenvalue weighted by Gasteiger charge is 2.38. The molecule has 0 spiro atoms. The van der Waals surface area contributed by atoms with Crippen molar-refractivity contribution in [2.24, 2.45) is 5.73 Å². The molecule has 3 N–H and O–H groups in total. The first-order valence-corrected chi connectivity index (χ1v) is 15.7. The van der Waals surface area contributed by atoms with Crippen LogP contribution in [-0.4, -0.2) is 34.2 Å². The summed E-state index contributed by atoms with van der Waals surface area (Å²) in [5, 5.41) is 2.69. The summed E-state index contributed by atoms with van der Waals surface area (Å²) in [5.41, 5.74) is 13.3. The van der Waals surface area contributed by atoms with Crippen LogP contribution in [-0.2, 0) is 21.5 Å². The maximum Gasteiger partial charge on any atom is 0.407 e. The number of alkyl carbamates (subject to hydrolysis) is 1. The van der Waals surface area contributed by atoms with Gasteiger partial charge in [-0.05, 0) is 38.9 Å². The van der Waals surface area contributed by atoms with Crippen LogP contribution in [0, 0.1) is 0 Å². The molecule has 0 bridgehead atoms. The second kappa shape index (κ2) is 12.8. The normalized spacial score (nSPS) is 12.9. The average Bonchev–Trinajstić information content (AvgIpc) is 3.71. The largest absolute Gasteiger partial charge is 0.449 e. The number of imidazole rings is 1. The van der Waals surface area contributed by atoms with Gasteiger partial charge in [0.15, 0.2) is 0 Å². The number of primary amides is 1. The van der Waals surface area contributed by atoms with Gasteiger partial charge in [-0.1, -0.05) is 140 Å². The Morgan fingerprint density at radius 2 is 1.19 bits per heavy atom. The molecule has 0 radical (unpaired) electrons. The number of fused-ring (bicyclic) bond motifs is 3. The molecule has 6 aromatic rings. The van der Waals surface area contributed by atoms with Crippen LogP contribution in [0.4, 0.5) is 4.79 Å². The lowest BCUT2D eigenvalue weighted by Crippen LogP contribution is -2.46. The molecule has 0 saturated carbocycles. The molecule has 0 saturated heterocycles. The first kappa shape index (κ1) is 29.7. The summed E-state index contributed by atoms with van der Waals surface area (Å²) in [6.45, 7) is 0.133. The van der Waals surface area contributed by atoms with Crippen LogP contribution in [0.2, 0.25) is 0 Å². The molecule has 47 heavy (non-hydrogen) atoms. The number of aromatic nitrogens is 2. The molecule has 0 aliphatic heterocycles. The van der Waals surface area contributed by atoms with E-state index < -0.39 is 23.6 Å². The molecule has 5 aromatic carbocycles. The fourth-order valence-corrected chi connectivity index (χ4v) is 6.85. The van der Waals surface area contributed by atoms with Gasteiger partial charge in [0, 0.05) is 18.5 Å². The standard InChI is InChI=1S/C40H34N4O3/c41-38(45)37(43-39(46)47-26-36-34-22-12-10-20-32(34)33-21-11-13-23-35(33)36)24-31-25-44(27-42-31)40(28-14-4-1-5-15-28,29-16-6-2-7-17-29)30-18-8-3-9-19-30/h1-23,25,27,36-37H,24,26H2,(H2,41,45)(H,43,46)/t37-/m0/s1. The van der Waals surface area contributed by atoms with E-state index in [1.54, 1.807) is 6.33 Å². The van der Waals surface area contributed by atoms with Crippen molar-refractivity contribution in [3.8, 4) is 11.1 Å². The van der Waals surface area contributed by atoms with Crippen molar-refractivity contribution < 1.29 is 14.3 Å². The summed E-state index contributed by atoms with van der Waals surface area (Å²) in [6, 6.07) is 46.0. The van der Waals surface area contributed by atoms with Crippen LogP contribution in [0.15, 0.2) is 152 Å². The van der Waals surface area contributed by atoms with Crippen molar-refractivity contribution in [2.45, 2.75) is 23.9 Å². The Hall–Kier alpha value is -5.95. The van der Waals surface area contributed by atoms with Gasteiger partial charge in [0.25, 0.3) is 0 Å². The Kier molecular flexibility index (Phi) is 8.11. The fraction of sp³-hybridized carbons (Fsp3) is 0.125. The van der Waals surface area contributed by atoms with E-state index in [2.05, 4.69) is 70.5 Å². The second-order valence-electron chi connectivity index (χ2n) is 11.7. The van der Waals surface area contributed by atoms with Crippen LogP contribution in [0.3, 0.4) is 0 Å². The molecule has 2 amide bonds. The van der Waals surface area contributed by atoms with Gasteiger partial charge in [-0.2, -0.15) is 0 Å². The zero-order valence-electron chi connectivity index (χ0n) is 25.7. The monoisotopic (exact) mass is 618 g/mol. The smallest absolute Gasteiger partial charge is 0.407 e. The lowest BCUT2D eigenvalue weighted by molar-refractivity contribution is -0.119. The average molecular weight is 619 g/mol. The Bertz CT molecular complexity index is 1870. The topological polar surface area (TPSA) is 99.2 Å². The first-order valence-electron chi connectivity index (χ1n) is 15.7. The zero-order valence-corrected chi connectivity index (χ0v) is 25.7. The maximum absolute atomic E-state index is 13.1.